The maximum atomic E-state index is 5.97. The third-order valence-corrected chi connectivity index (χ3v) is 5.57. The number of quaternary nitrogens is 1. The van der Waals surface area contributed by atoms with Crippen molar-refractivity contribution in [2.75, 3.05) is 47.0 Å². The summed E-state index contributed by atoms with van der Waals surface area (Å²) in [6, 6.07) is 14.0. The van der Waals surface area contributed by atoms with E-state index in [-0.39, 0.29) is 0 Å². The Bertz CT molecular complexity index is 718. The van der Waals surface area contributed by atoms with E-state index >= 15 is 0 Å². The van der Waals surface area contributed by atoms with Crippen molar-refractivity contribution in [1.29, 1.82) is 0 Å². The average Bonchev–Trinajstić information content (AvgIpc) is 2.76. The number of rotatable bonds is 11. The number of benzene rings is 2. The second-order valence-electron chi connectivity index (χ2n) is 6.91. The van der Waals surface area contributed by atoms with Crippen molar-refractivity contribution in [2.45, 2.75) is 20.8 Å². The number of hydrogen-bond donors (Lipinski definition) is 0. The predicted octanol–water partition coefficient (Wildman–Crippen LogP) is 5.13. The first-order valence-electron chi connectivity index (χ1n) is 10.1. The summed E-state index contributed by atoms with van der Waals surface area (Å²) in [5.74, 6) is 2.48. The Balaban J connectivity index is 1.96. The summed E-state index contributed by atoms with van der Waals surface area (Å²) >= 11 is 0. The first-order chi connectivity index (χ1) is 13.6. The van der Waals surface area contributed by atoms with Gasteiger partial charge in [0.2, 0.25) is 0 Å². The van der Waals surface area contributed by atoms with E-state index in [0.717, 1.165) is 65.6 Å². The van der Waals surface area contributed by atoms with Crippen LogP contribution in [0.1, 0.15) is 31.9 Å². The van der Waals surface area contributed by atoms with Gasteiger partial charge in [0.05, 0.1) is 33.9 Å². The van der Waals surface area contributed by atoms with Gasteiger partial charge >= 0.3 is 0 Å². The second kappa shape index (κ2) is 10.8. The Kier molecular flexibility index (Phi) is 8.40. The smallest absolute Gasteiger partial charge is 0.137 e. The van der Waals surface area contributed by atoms with Crippen LogP contribution in [0.2, 0.25) is 0 Å². The van der Waals surface area contributed by atoms with Crippen LogP contribution in [0.3, 0.4) is 0 Å². The van der Waals surface area contributed by atoms with Crippen molar-refractivity contribution in [2.24, 2.45) is 0 Å². The van der Waals surface area contributed by atoms with Crippen molar-refractivity contribution < 1.29 is 18.7 Å². The van der Waals surface area contributed by atoms with E-state index in [9.17, 15) is 0 Å². The van der Waals surface area contributed by atoms with Gasteiger partial charge in [0.15, 0.2) is 0 Å². The Hall–Kier alpha value is -2.46. The van der Waals surface area contributed by atoms with Crippen LogP contribution < -0.4 is 14.2 Å². The number of ether oxygens (including phenoxy) is 3. The maximum Gasteiger partial charge on any atom is 0.137 e. The van der Waals surface area contributed by atoms with Crippen molar-refractivity contribution in [3.8, 4) is 17.2 Å². The molecule has 2 aromatic carbocycles. The van der Waals surface area contributed by atoms with Crippen LogP contribution in [-0.2, 0) is 0 Å². The van der Waals surface area contributed by atoms with E-state index in [0.29, 0.717) is 0 Å². The molecule has 4 nitrogen and oxygen atoms in total. The third kappa shape index (κ3) is 6.03. The highest BCUT2D eigenvalue weighted by Gasteiger charge is 2.20. The van der Waals surface area contributed by atoms with Gasteiger partial charge in [0.1, 0.15) is 30.4 Å². The monoisotopic (exact) mass is 384 g/mol. The zero-order valence-corrected chi connectivity index (χ0v) is 17.9. The Morgan fingerprint density at radius 2 is 1.25 bits per heavy atom. The highest BCUT2D eigenvalue weighted by molar-refractivity contribution is 5.71. The molecule has 0 aromatic heterocycles. The molecule has 0 bridgehead atoms. The van der Waals surface area contributed by atoms with Crippen LogP contribution in [-0.4, -0.2) is 51.5 Å². The molecule has 0 fully saturated rings. The number of likely N-dealkylation sites (N-methyl/N-ethyl adjacent to an activating group) is 1. The molecule has 0 radical (unpaired) electrons. The summed E-state index contributed by atoms with van der Waals surface area (Å²) in [4.78, 5) is 0. The summed E-state index contributed by atoms with van der Waals surface area (Å²) in [6.07, 6.45) is 4.13. The van der Waals surface area contributed by atoms with Gasteiger partial charge < -0.3 is 18.7 Å². The van der Waals surface area contributed by atoms with Crippen LogP contribution in [0.4, 0.5) is 0 Å². The molecule has 28 heavy (non-hydrogen) atoms. The van der Waals surface area contributed by atoms with Gasteiger partial charge in [-0.1, -0.05) is 24.3 Å². The van der Waals surface area contributed by atoms with Crippen molar-refractivity contribution in [1.82, 2.24) is 0 Å². The van der Waals surface area contributed by atoms with Crippen LogP contribution >= 0.6 is 0 Å². The lowest BCUT2D eigenvalue weighted by Crippen LogP contribution is -2.49. The number of nitrogens with zero attached hydrogens (tertiary/aromatic N) is 1. The van der Waals surface area contributed by atoms with Gasteiger partial charge in [-0.05, 0) is 56.2 Å². The summed E-state index contributed by atoms with van der Waals surface area (Å²) < 4.78 is 17.7. The lowest BCUT2D eigenvalue weighted by atomic mass is 10.1. The summed E-state index contributed by atoms with van der Waals surface area (Å²) in [5.41, 5.74) is 2.15. The normalized spacial score (nSPS) is 11.6. The van der Waals surface area contributed by atoms with Crippen LogP contribution in [0.15, 0.2) is 42.5 Å². The van der Waals surface area contributed by atoms with Gasteiger partial charge in [-0.25, -0.2) is 0 Å². The van der Waals surface area contributed by atoms with Crippen molar-refractivity contribution in [3.05, 3.63) is 53.6 Å². The zero-order valence-electron chi connectivity index (χ0n) is 17.9. The average molecular weight is 385 g/mol. The Morgan fingerprint density at radius 1 is 0.714 bits per heavy atom. The summed E-state index contributed by atoms with van der Waals surface area (Å²) in [6.45, 7) is 12.0. The van der Waals surface area contributed by atoms with Crippen molar-refractivity contribution >= 4 is 12.2 Å². The summed E-state index contributed by atoms with van der Waals surface area (Å²) in [5, 5.41) is 0. The van der Waals surface area contributed by atoms with E-state index < -0.39 is 0 Å². The maximum absolute atomic E-state index is 5.97. The fourth-order valence-corrected chi connectivity index (χ4v) is 3.30. The van der Waals surface area contributed by atoms with Gasteiger partial charge in [-0.2, -0.15) is 0 Å². The van der Waals surface area contributed by atoms with Crippen LogP contribution in [0.5, 0.6) is 17.2 Å². The highest BCUT2D eigenvalue weighted by Crippen LogP contribution is 2.24. The van der Waals surface area contributed by atoms with Gasteiger partial charge in [0, 0.05) is 6.07 Å². The van der Waals surface area contributed by atoms with Crippen LogP contribution in [0, 0.1) is 0 Å². The van der Waals surface area contributed by atoms with Gasteiger partial charge in [-0.3, -0.25) is 0 Å². The first-order valence-corrected chi connectivity index (χ1v) is 10.1. The molecule has 0 aliphatic rings. The zero-order chi connectivity index (χ0) is 20.4. The molecule has 0 atom stereocenters. The fraction of sp³-hybridized carbons (Fsp3) is 0.417. The molecule has 152 valence electrons. The van der Waals surface area contributed by atoms with E-state index in [4.69, 9.17) is 14.2 Å². The molecule has 0 N–H and O–H groups in total. The lowest BCUT2D eigenvalue weighted by molar-refractivity contribution is -0.923. The van der Waals surface area contributed by atoms with Gasteiger partial charge in [0.25, 0.3) is 0 Å². The Labute approximate surface area is 169 Å². The quantitative estimate of drug-likeness (QED) is 0.397. The topological polar surface area (TPSA) is 27.7 Å². The standard InChI is InChI=1S/C24H34NO3/c1-6-25(7-2,8-3)15-16-28-22-13-11-20(12-14-22)9-10-21-17-23(26-4)19-24(18-21)27-5/h9-14,17-19H,6-8,15-16H2,1-5H3/q+1/b10-9+. The molecule has 0 heterocycles. The lowest BCUT2D eigenvalue weighted by Gasteiger charge is -2.35. The van der Waals surface area contributed by atoms with E-state index in [1.165, 1.54) is 0 Å². The molecular weight excluding hydrogens is 350 g/mol. The minimum atomic E-state index is 0.744. The molecule has 0 aliphatic heterocycles. The minimum Gasteiger partial charge on any atom is -0.497 e. The molecule has 0 unspecified atom stereocenters. The second-order valence-corrected chi connectivity index (χ2v) is 6.91. The fourth-order valence-electron chi connectivity index (χ4n) is 3.30. The molecule has 0 spiro atoms. The van der Waals surface area contributed by atoms with E-state index in [2.05, 4.69) is 45.1 Å². The molecule has 2 rings (SSSR count). The molecule has 4 heteroatoms. The minimum absolute atomic E-state index is 0.744. The van der Waals surface area contributed by atoms with E-state index in [1.54, 1.807) is 14.2 Å². The van der Waals surface area contributed by atoms with Gasteiger partial charge in [-0.15, -0.1) is 0 Å². The largest absolute Gasteiger partial charge is 0.497 e. The molecule has 0 aliphatic carbocycles. The number of methoxy groups -OCH3 is 2. The Morgan fingerprint density at radius 3 is 1.75 bits per heavy atom. The number of hydrogen-bond acceptors (Lipinski definition) is 3. The SMILES string of the molecule is CC[N+](CC)(CC)CCOc1ccc(/C=C/c2cc(OC)cc(OC)c2)cc1. The first kappa shape index (κ1) is 21.8. The van der Waals surface area contributed by atoms with E-state index in [1.807, 2.05) is 30.3 Å². The summed E-state index contributed by atoms with van der Waals surface area (Å²) in [7, 11) is 3.32. The molecule has 0 saturated heterocycles. The molecule has 0 amide bonds. The highest BCUT2D eigenvalue weighted by atomic mass is 16.5. The molecule has 0 saturated carbocycles. The predicted molar refractivity (Wildman–Crippen MR) is 117 cm³/mol. The molecule has 2 aromatic rings. The van der Waals surface area contributed by atoms with Crippen molar-refractivity contribution in [3.63, 3.8) is 0 Å². The third-order valence-electron chi connectivity index (χ3n) is 5.57. The molecular formula is C24H34NO3+. The van der Waals surface area contributed by atoms with Crippen LogP contribution in [0.25, 0.3) is 12.2 Å².